The molecule has 2 rings (SSSR count). The van der Waals surface area contributed by atoms with Crippen LogP contribution < -0.4 is 5.46 Å². The molecule has 0 aliphatic carbocycles. The zero-order valence-corrected chi connectivity index (χ0v) is 9.94. The van der Waals surface area contributed by atoms with E-state index in [4.69, 9.17) is 13.4 Å². The molecule has 0 unspecified atom stereocenters. The Bertz CT molecular complexity index is 458. The quantitative estimate of drug-likeness (QED) is 0.529. The molecule has 2 heterocycles. The number of hydrogen-bond acceptors (Lipinski definition) is 4. The van der Waals surface area contributed by atoms with Crippen molar-refractivity contribution in [1.82, 2.24) is 9.97 Å². The van der Waals surface area contributed by atoms with Crippen molar-refractivity contribution in [2.75, 3.05) is 0 Å². The van der Waals surface area contributed by atoms with Crippen LogP contribution >= 0.6 is 0 Å². The van der Waals surface area contributed by atoms with Gasteiger partial charge in [-0.25, -0.2) is 9.97 Å². The predicted molar refractivity (Wildman–Crippen MR) is 62.5 cm³/mol. The molecule has 0 bridgehead atoms. The monoisotopic (exact) mass is 224 g/mol. The van der Waals surface area contributed by atoms with Gasteiger partial charge in [0, 0.05) is 22.0 Å². The van der Waals surface area contributed by atoms with Gasteiger partial charge in [-0.1, -0.05) is 0 Å². The van der Waals surface area contributed by atoms with Crippen molar-refractivity contribution in [3.05, 3.63) is 18.2 Å². The van der Waals surface area contributed by atoms with E-state index in [-0.39, 0.29) is 5.82 Å². The number of aromatic nitrogens is 2. The van der Waals surface area contributed by atoms with Crippen LogP contribution in [0.2, 0.25) is 0 Å². The topological polar surface area (TPSA) is 44.2 Å². The summed E-state index contributed by atoms with van der Waals surface area (Å²) >= 11 is 0. The maximum atomic E-state index is 7.22. The first-order valence-electron chi connectivity index (χ1n) is 6.71. The fraction of sp³-hybridized carbons (Fsp3) is 0.636. The van der Waals surface area contributed by atoms with E-state index in [2.05, 4.69) is 9.97 Å². The van der Waals surface area contributed by atoms with E-state index < -0.39 is 25.2 Å². The Hall–Kier alpha value is -0.935. The molecule has 1 aromatic heterocycles. The van der Waals surface area contributed by atoms with E-state index in [1.165, 1.54) is 12.4 Å². The lowest BCUT2D eigenvalue weighted by Crippen LogP contribution is -2.41. The van der Waals surface area contributed by atoms with Crippen LogP contribution in [0.5, 0.6) is 0 Å². The SMILES string of the molecule is [2H][13C]([2H])([2H])c1ncc(B2OC(C)(C)C(C)(C)O2)cn1. The second-order valence-corrected chi connectivity index (χ2v) is 4.93. The molecule has 1 aromatic rings. The number of rotatable bonds is 1. The first kappa shape index (κ1) is 8.20. The standard InChI is InChI=1S/C11H17BN2O2/c1-8-13-6-9(7-14-8)12-15-10(2,3)11(4,5)16-12/h6-7H,1-5H3/i1+1D3. The molecular weight excluding hydrogens is 204 g/mol. The molecule has 0 N–H and O–H groups in total. The molecular formula is C11H17BN2O2. The number of aryl methyl sites for hydroxylation is 1. The highest BCUT2D eigenvalue weighted by Crippen LogP contribution is 2.36. The Morgan fingerprint density at radius 2 is 1.62 bits per heavy atom. The summed E-state index contributed by atoms with van der Waals surface area (Å²) in [7, 11) is -0.573. The Kier molecular flexibility index (Phi) is 1.81. The summed E-state index contributed by atoms with van der Waals surface area (Å²) in [5, 5.41) is 0. The predicted octanol–water partition coefficient (Wildman–Crippen LogP) is 1.08. The largest absolute Gasteiger partial charge is 0.498 e. The summed E-state index contributed by atoms with van der Waals surface area (Å²) in [5.74, 6) is -0.173. The molecule has 0 atom stereocenters. The van der Waals surface area contributed by atoms with Crippen molar-refractivity contribution in [3.63, 3.8) is 0 Å². The first-order chi connectivity index (χ1) is 8.53. The fourth-order valence-corrected chi connectivity index (χ4v) is 1.44. The summed E-state index contributed by atoms with van der Waals surface area (Å²) in [5.41, 5.74) is -0.271. The van der Waals surface area contributed by atoms with Gasteiger partial charge in [-0.3, -0.25) is 0 Å². The zero-order valence-electron chi connectivity index (χ0n) is 12.9. The van der Waals surface area contributed by atoms with Crippen molar-refractivity contribution in [3.8, 4) is 0 Å². The molecule has 5 heteroatoms. The Balaban J connectivity index is 2.22. The summed E-state index contributed by atoms with van der Waals surface area (Å²) in [6, 6.07) is 0. The van der Waals surface area contributed by atoms with Crippen LogP contribution in [-0.2, 0) is 9.31 Å². The lowest BCUT2D eigenvalue weighted by atomic mass is 9.81. The molecule has 0 amide bonds. The summed E-state index contributed by atoms with van der Waals surface area (Å²) in [6.07, 6.45) is 2.88. The zero-order chi connectivity index (χ0) is 14.5. The van der Waals surface area contributed by atoms with E-state index in [0.717, 1.165) is 0 Å². The third kappa shape index (κ3) is 1.85. The molecule has 1 fully saturated rings. The van der Waals surface area contributed by atoms with Crippen molar-refractivity contribution in [2.24, 2.45) is 0 Å². The molecule has 16 heavy (non-hydrogen) atoms. The van der Waals surface area contributed by atoms with Gasteiger partial charge in [0.15, 0.2) is 0 Å². The van der Waals surface area contributed by atoms with Gasteiger partial charge in [-0.05, 0) is 34.5 Å². The van der Waals surface area contributed by atoms with E-state index in [1.807, 2.05) is 27.7 Å². The molecule has 0 spiro atoms. The summed E-state index contributed by atoms with van der Waals surface area (Å²) in [6.45, 7) is 5.50. The van der Waals surface area contributed by atoms with E-state index in [0.29, 0.717) is 5.46 Å². The minimum absolute atomic E-state index is 0.173. The lowest BCUT2D eigenvalue weighted by Gasteiger charge is -2.32. The van der Waals surface area contributed by atoms with Crippen LogP contribution in [-0.4, -0.2) is 28.3 Å². The van der Waals surface area contributed by atoms with Crippen LogP contribution in [0, 0.1) is 6.85 Å². The van der Waals surface area contributed by atoms with Gasteiger partial charge in [0.05, 0.1) is 11.2 Å². The molecule has 1 saturated heterocycles. The summed E-state index contributed by atoms with van der Waals surface area (Å²) < 4.78 is 33.3. The van der Waals surface area contributed by atoms with Gasteiger partial charge >= 0.3 is 7.12 Å². The van der Waals surface area contributed by atoms with Gasteiger partial charge in [0.2, 0.25) is 0 Å². The van der Waals surface area contributed by atoms with Gasteiger partial charge in [-0.2, -0.15) is 0 Å². The third-order valence-corrected chi connectivity index (χ3v) is 3.20. The van der Waals surface area contributed by atoms with Crippen LogP contribution in [0.15, 0.2) is 12.4 Å². The second kappa shape index (κ2) is 3.53. The fourth-order valence-electron chi connectivity index (χ4n) is 1.44. The maximum Gasteiger partial charge on any atom is 0.498 e. The lowest BCUT2D eigenvalue weighted by molar-refractivity contribution is 0.00578. The average molecular weight is 224 g/mol. The third-order valence-electron chi connectivity index (χ3n) is 3.20. The highest BCUT2D eigenvalue weighted by Gasteiger charge is 2.51. The Labute approximate surface area is 101 Å². The van der Waals surface area contributed by atoms with Crippen LogP contribution in [0.25, 0.3) is 0 Å². The first-order valence-corrected chi connectivity index (χ1v) is 5.21. The van der Waals surface area contributed by atoms with Gasteiger partial charge in [0.1, 0.15) is 5.82 Å². The number of nitrogens with zero attached hydrogens (tertiary/aromatic N) is 2. The second-order valence-electron chi connectivity index (χ2n) is 4.93. The van der Waals surface area contributed by atoms with E-state index >= 15 is 0 Å². The van der Waals surface area contributed by atoms with Crippen molar-refractivity contribution < 1.29 is 13.4 Å². The van der Waals surface area contributed by atoms with E-state index in [1.54, 1.807) is 0 Å². The molecule has 0 saturated carbocycles. The maximum absolute atomic E-state index is 7.22. The Morgan fingerprint density at radius 3 is 2.06 bits per heavy atom. The van der Waals surface area contributed by atoms with E-state index in [9.17, 15) is 0 Å². The van der Waals surface area contributed by atoms with Crippen LogP contribution in [0.1, 0.15) is 37.6 Å². The molecule has 1 aliphatic heterocycles. The highest BCUT2D eigenvalue weighted by atomic mass is 16.7. The minimum Gasteiger partial charge on any atom is -0.399 e. The van der Waals surface area contributed by atoms with Crippen molar-refractivity contribution in [1.29, 1.82) is 0 Å². The Morgan fingerprint density at radius 1 is 1.12 bits per heavy atom. The normalized spacial score (nSPS) is 26.0. The van der Waals surface area contributed by atoms with Gasteiger partial charge < -0.3 is 9.31 Å². The van der Waals surface area contributed by atoms with Crippen molar-refractivity contribution in [2.45, 2.75) is 45.7 Å². The molecule has 4 nitrogen and oxygen atoms in total. The van der Waals surface area contributed by atoms with Crippen LogP contribution in [0.3, 0.4) is 0 Å². The average Bonchev–Trinajstić information content (AvgIpc) is 2.47. The van der Waals surface area contributed by atoms with Crippen LogP contribution in [0.4, 0.5) is 0 Å². The molecule has 0 aromatic carbocycles. The molecule has 86 valence electrons. The molecule has 0 radical (unpaired) electrons. The smallest absolute Gasteiger partial charge is 0.399 e. The molecule has 1 aliphatic rings. The highest BCUT2D eigenvalue weighted by molar-refractivity contribution is 6.61. The minimum atomic E-state index is -2.30. The van der Waals surface area contributed by atoms with Gasteiger partial charge in [0.25, 0.3) is 0 Å². The number of hydrogen-bond donors (Lipinski definition) is 0. The summed E-state index contributed by atoms with van der Waals surface area (Å²) in [4.78, 5) is 7.71. The van der Waals surface area contributed by atoms with Gasteiger partial charge in [-0.15, -0.1) is 0 Å². The van der Waals surface area contributed by atoms with Crippen molar-refractivity contribution >= 4 is 12.6 Å².